The summed E-state index contributed by atoms with van der Waals surface area (Å²) in [5.74, 6) is -1.12. The number of hydrogen-bond donors (Lipinski definition) is 1. The lowest BCUT2D eigenvalue weighted by Gasteiger charge is -2.14. The summed E-state index contributed by atoms with van der Waals surface area (Å²) in [6, 6.07) is 11.8. The summed E-state index contributed by atoms with van der Waals surface area (Å²) in [7, 11) is -6.46. The lowest BCUT2D eigenvalue weighted by atomic mass is 10.2. The minimum atomic E-state index is -4.03. The number of ether oxygens (including phenoxy) is 1. The molecule has 0 aliphatic carbocycles. The van der Waals surface area contributed by atoms with Gasteiger partial charge in [-0.15, -0.1) is 0 Å². The van der Waals surface area contributed by atoms with Crippen LogP contribution in [0, 0.1) is 0 Å². The topological polar surface area (TPSA) is 107 Å². The summed E-state index contributed by atoms with van der Waals surface area (Å²) in [6.07, 6.45) is 0. The molecule has 0 aromatic heterocycles. The van der Waals surface area contributed by atoms with Crippen LogP contribution in [0.15, 0.2) is 53.4 Å². The second-order valence-electron chi connectivity index (χ2n) is 5.53. The van der Waals surface area contributed by atoms with Crippen molar-refractivity contribution < 1.29 is 26.4 Å². The first-order valence-corrected chi connectivity index (χ1v) is 10.5. The third kappa shape index (κ3) is 3.24. The predicted octanol–water partition coefficient (Wildman–Crippen LogP) is 1.74. The van der Waals surface area contributed by atoms with Crippen LogP contribution in [0.4, 0.5) is 5.69 Å². The number of nitrogens with one attached hydrogen (secondary N) is 1. The smallest absolute Gasteiger partial charge is 0.337 e. The van der Waals surface area contributed by atoms with Gasteiger partial charge in [0.05, 0.1) is 23.3 Å². The number of hydrogen-bond acceptors (Lipinski definition) is 6. The molecule has 1 atom stereocenters. The summed E-state index contributed by atoms with van der Waals surface area (Å²) in [4.78, 5) is 11.6. The van der Waals surface area contributed by atoms with E-state index in [0.717, 1.165) is 0 Å². The van der Waals surface area contributed by atoms with Gasteiger partial charge < -0.3 is 4.74 Å². The Morgan fingerprint density at radius 2 is 1.88 bits per heavy atom. The number of esters is 1. The van der Waals surface area contributed by atoms with Gasteiger partial charge in [-0.3, -0.25) is 4.72 Å². The zero-order valence-electron chi connectivity index (χ0n) is 13.2. The maximum Gasteiger partial charge on any atom is 0.337 e. The fourth-order valence-corrected chi connectivity index (χ4v) is 6.81. The molecule has 0 bridgehead atoms. The Morgan fingerprint density at radius 1 is 1.16 bits per heavy atom. The van der Waals surface area contributed by atoms with Crippen molar-refractivity contribution in [2.45, 2.75) is 10.1 Å². The van der Waals surface area contributed by atoms with E-state index in [1.54, 1.807) is 12.1 Å². The highest BCUT2D eigenvalue weighted by Gasteiger charge is 2.42. The van der Waals surface area contributed by atoms with Gasteiger partial charge in [0.2, 0.25) is 10.0 Å². The molecule has 0 spiro atoms. The van der Waals surface area contributed by atoms with Crippen molar-refractivity contribution >= 4 is 31.5 Å². The Balaban J connectivity index is 1.95. The van der Waals surface area contributed by atoms with Crippen molar-refractivity contribution in [3.05, 3.63) is 59.7 Å². The van der Waals surface area contributed by atoms with Crippen molar-refractivity contribution in [1.29, 1.82) is 0 Å². The summed E-state index contributed by atoms with van der Waals surface area (Å²) in [5, 5.41) is -1.21. The van der Waals surface area contributed by atoms with Crippen LogP contribution in [0.1, 0.15) is 21.2 Å². The fourth-order valence-electron chi connectivity index (χ4n) is 2.73. The molecule has 0 fully saturated rings. The minimum absolute atomic E-state index is 0.0358. The van der Waals surface area contributed by atoms with Gasteiger partial charge in [-0.25, -0.2) is 21.6 Å². The average Bonchev–Trinajstić information content (AvgIpc) is 2.87. The Labute approximate surface area is 145 Å². The molecule has 0 saturated heterocycles. The molecule has 132 valence electrons. The molecule has 7 nitrogen and oxygen atoms in total. The van der Waals surface area contributed by atoms with E-state index in [-0.39, 0.29) is 21.7 Å². The maximum absolute atomic E-state index is 12.7. The molecule has 0 amide bonds. The third-order valence-corrected chi connectivity index (χ3v) is 7.61. The third-order valence-electron chi connectivity index (χ3n) is 3.89. The molecule has 1 N–H and O–H groups in total. The van der Waals surface area contributed by atoms with Crippen molar-refractivity contribution in [3.8, 4) is 0 Å². The van der Waals surface area contributed by atoms with E-state index in [2.05, 4.69) is 9.46 Å². The lowest BCUT2D eigenvalue weighted by Crippen LogP contribution is -2.23. The number of fused-ring (bicyclic) bond motifs is 1. The molecule has 9 heteroatoms. The fraction of sp³-hybridized carbons (Fsp3) is 0.188. The zero-order valence-corrected chi connectivity index (χ0v) is 14.8. The van der Waals surface area contributed by atoms with Gasteiger partial charge in [0.25, 0.3) is 0 Å². The van der Waals surface area contributed by atoms with Gasteiger partial charge in [-0.2, -0.15) is 0 Å². The molecule has 1 heterocycles. The molecule has 1 aliphatic heterocycles. The first kappa shape index (κ1) is 17.4. The molecule has 2 aromatic rings. The highest BCUT2D eigenvalue weighted by Crippen LogP contribution is 2.38. The van der Waals surface area contributed by atoms with Crippen LogP contribution in [0.5, 0.6) is 0 Å². The van der Waals surface area contributed by atoms with Crippen molar-refractivity contribution in [3.63, 3.8) is 0 Å². The van der Waals surface area contributed by atoms with Crippen LogP contribution in [-0.2, 0) is 24.6 Å². The van der Waals surface area contributed by atoms with Gasteiger partial charge in [-0.05, 0) is 29.8 Å². The van der Waals surface area contributed by atoms with Gasteiger partial charge >= 0.3 is 5.97 Å². The molecule has 25 heavy (non-hydrogen) atoms. The van der Waals surface area contributed by atoms with Crippen molar-refractivity contribution in [1.82, 2.24) is 0 Å². The van der Waals surface area contributed by atoms with Crippen LogP contribution in [0.25, 0.3) is 0 Å². The Kier molecular flexibility index (Phi) is 4.29. The first-order chi connectivity index (χ1) is 11.7. The molecule has 3 rings (SSSR count). The van der Waals surface area contributed by atoms with Crippen molar-refractivity contribution in [2.24, 2.45) is 0 Å². The molecular formula is C16H15NO6S2. The minimum Gasteiger partial charge on any atom is -0.465 e. The second kappa shape index (κ2) is 6.16. The monoisotopic (exact) mass is 381 g/mol. The lowest BCUT2D eigenvalue weighted by molar-refractivity contribution is 0.0600. The molecular weight excluding hydrogens is 366 g/mol. The number of benzene rings is 2. The van der Waals surface area contributed by atoms with E-state index in [9.17, 15) is 21.6 Å². The van der Waals surface area contributed by atoms with Crippen LogP contribution in [0.2, 0.25) is 0 Å². The largest absolute Gasteiger partial charge is 0.465 e. The second-order valence-corrected chi connectivity index (χ2v) is 9.39. The number of sulfonamides is 1. The van der Waals surface area contributed by atoms with E-state index in [4.69, 9.17) is 0 Å². The predicted molar refractivity (Wildman–Crippen MR) is 91.6 cm³/mol. The summed E-state index contributed by atoms with van der Waals surface area (Å²) < 4.78 is 56.8. The molecule has 0 radical (unpaired) electrons. The standard InChI is InChI=1S/C16H15NO6S2/c1-23-16(18)11-5-4-6-12(9-11)17-25(21,22)15-10-24(19,20)14-8-3-2-7-13(14)15/h2-9,15,17H,10H2,1H3/t15-/m0/s1. The van der Waals surface area contributed by atoms with Gasteiger partial charge in [0, 0.05) is 5.69 Å². The normalized spacial score (nSPS) is 18.4. The van der Waals surface area contributed by atoms with Gasteiger partial charge in [0.15, 0.2) is 9.84 Å². The molecule has 1 aliphatic rings. The molecule has 0 unspecified atom stereocenters. The number of rotatable bonds is 4. The summed E-state index contributed by atoms with van der Waals surface area (Å²) in [5.41, 5.74) is 0.589. The Morgan fingerprint density at radius 3 is 2.60 bits per heavy atom. The van der Waals surface area contributed by atoms with Crippen LogP contribution < -0.4 is 4.72 Å². The average molecular weight is 381 g/mol. The number of sulfone groups is 1. The van der Waals surface area contributed by atoms with Gasteiger partial charge in [-0.1, -0.05) is 24.3 Å². The summed E-state index contributed by atoms with van der Waals surface area (Å²) >= 11 is 0. The summed E-state index contributed by atoms with van der Waals surface area (Å²) in [6.45, 7) is 0. The number of methoxy groups -OCH3 is 1. The van der Waals surface area contributed by atoms with E-state index in [1.165, 1.54) is 43.5 Å². The highest BCUT2D eigenvalue weighted by molar-refractivity contribution is 7.96. The van der Waals surface area contributed by atoms with Crippen LogP contribution in [-0.4, -0.2) is 35.7 Å². The number of anilines is 1. The Bertz CT molecular complexity index is 1040. The maximum atomic E-state index is 12.7. The van der Waals surface area contributed by atoms with Crippen LogP contribution >= 0.6 is 0 Å². The SMILES string of the molecule is COC(=O)c1cccc(NS(=O)(=O)[C@H]2CS(=O)(=O)c3ccccc32)c1. The van der Waals surface area contributed by atoms with E-state index < -0.39 is 36.8 Å². The number of carbonyl (C=O) groups is 1. The Hall–Kier alpha value is -2.39. The van der Waals surface area contributed by atoms with Gasteiger partial charge in [0.1, 0.15) is 5.25 Å². The van der Waals surface area contributed by atoms with E-state index in [1.807, 2.05) is 0 Å². The molecule has 0 saturated carbocycles. The first-order valence-electron chi connectivity index (χ1n) is 7.26. The number of carbonyl (C=O) groups excluding carboxylic acids is 1. The highest BCUT2D eigenvalue weighted by atomic mass is 32.2. The zero-order chi connectivity index (χ0) is 18.2. The van der Waals surface area contributed by atoms with Crippen molar-refractivity contribution in [2.75, 3.05) is 17.6 Å². The van der Waals surface area contributed by atoms with E-state index in [0.29, 0.717) is 0 Å². The van der Waals surface area contributed by atoms with Crippen LogP contribution in [0.3, 0.4) is 0 Å². The quantitative estimate of drug-likeness (QED) is 0.809. The van der Waals surface area contributed by atoms with E-state index >= 15 is 0 Å². The molecule has 2 aromatic carbocycles.